The molecule has 19 heavy (non-hydrogen) atoms. The van der Waals surface area contributed by atoms with Crippen LogP contribution in [-0.2, 0) is 12.7 Å². The Hall–Kier alpha value is -1.82. The number of aliphatic hydroxyl groups is 1. The highest BCUT2D eigenvalue weighted by Gasteiger charge is 2.29. The Morgan fingerprint density at radius 1 is 1.11 bits per heavy atom. The third-order valence-electron chi connectivity index (χ3n) is 2.72. The first-order chi connectivity index (χ1) is 9.00. The van der Waals surface area contributed by atoms with Crippen LogP contribution in [0, 0.1) is 0 Å². The van der Waals surface area contributed by atoms with Crippen molar-refractivity contribution >= 4 is 0 Å². The highest BCUT2D eigenvalue weighted by molar-refractivity contribution is 5.62. The summed E-state index contributed by atoms with van der Waals surface area (Å²) in [5.74, 6) is 0. The molecule has 0 unspecified atom stereocenters. The number of halogens is 3. The Bertz CT molecular complexity index is 532. The van der Waals surface area contributed by atoms with Crippen LogP contribution in [0.5, 0.6) is 0 Å². The topological polar surface area (TPSA) is 38.0 Å². The van der Waals surface area contributed by atoms with Gasteiger partial charge in [-0.1, -0.05) is 12.1 Å². The number of aliphatic hydroxyl groups excluding tert-OH is 1. The van der Waals surface area contributed by atoms with Gasteiger partial charge in [0.05, 0.1) is 11.8 Å². The van der Waals surface area contributed by atoms with Crippen molar-refractivity contribution in [2.45, 2.75) is 19.1 Å². The predicted octanol–water partition coefficient (Wildman–Crippen LogP) is 2.95. The van der Waals surface area contributed by atoms with Gasteiger partial charge in [-0.2, -0.15) is 18.3 Å². The zero-order chi connectivity index (χ0) is 13.9. The third-order valence-corrected chi connectivity index (χ3v) is 2.72. The van der Waals surface area contributed by atoms with E-state index in [4.69, 9.17) is 5.11 Å². The van der Waals surface area contributed by atoms with E-state index in [2.05, 4.69) is 5.10 Å². The molecule has 1 aromatic carbocycles. The first kappa shape index (κ1) is 13.6. The molecular formula is C13H13F3N2O. The maximum atomic E-state index is 12.4. The van der Waals surface area contributed by atoms with Gasteiger partial charge in [-0.15, -0.1) is 0 Å². The van der Waals surface area contributed by atoms with Crippen LogP contribution in [-0.4, -0.2) is 21.5 Å². The lowest BCUT2D eigenvalue weighted by Crippen LogP contribution is -2.03. The molecule has 0 radical (unpaired) electrons. The van der Waals surface area contributed by atoms with Gasteiger partial charge in [0.2, 0.25) is 0 Å². The van der Waals surface area contributed by atoms with Crippen molar-refractivity contribution in [1.82, 2.24) is 9.78 Å². The second-order valence-corrected chi connectivity index (χ2v) is 4.14. The zero-order valence-electron chi connectivity index (χ0n) is 10.1. The summed E-state index contributed by atoms with van der Waals surface area (Å²) in [6, 6.07) is 4.97. The highest BCUT2D eigenvalue weighted by Crippen LogP contribution is 2.30. The minimum absolute atomic E-state index is 0.0788. The van der Waals surface area contributed by atoms with Crippen LogP contribution >= 0.6 is 0 Å². The van der Waals surface area contributed by atoms with Crippen molar-refractivity contribution in [3.8, 4) is 11.1 Å². The van der Waals surface area contributed by atoms with Crippen LogP contribution in [0.2, 0.25) is 0 Å². The summed E-state index contributed by atoms with van der Waals surface area (Å²) in [6.45, 7) is 0.659. The predicted molar refractivity (Wildman–Crippen MR) is 64.4 cm³/mol. The van der Waals surface area contributed by atoms with E-state index in [1.165, 1.54) is 12.1 Å². The zero-order valence-corrected chi connectivity index (χ0v) is 10.1. The first-order valence-corrected chi connectivity index (χ1v) is 5.81. The quantitative estimate of drug-likeness (QED) is 0.927. The van der Waals surface area contributed by atoms with Crippen molar-refractivity contribution in [2.24, 2.45) is 0 Å². The maximum absolute atomic E-state index is 12.4. The molecule has 0 aliphatic carbocycles. The van der Waals surface area contributed by atoms with Crippen LogP contribution in [0.3, 0.4) is 0 Å². The van der Waals surface area contributed by atoms with E-state index in [1.807, 2.05) is 0 Å². The molecule has 0 saturated carbocycles. The molecule has 0 saturated heterocycles. The largest absolute Gasteiger partial charge is 0.416 e. The molecule has 0 fully saturated rings. The molecule has 3 nitrogen and oxygen atoms in total. The molecule has 1 aromatic heterocycles. The number of aromatic nitrogens is 2. The van der Waals surface area contributed by atoms with Gasteiger partial charge >= 0.3 is 6.18 Å². The van der Waals surface area contributed by atoms with Gasteiger partial charge < -0.3 is 5.11 Å². The molecular weight excluding hydrogens is 257 g/mol. The number of hydrogen-bond donors (Lipinski definition) is 1. The van der Waals surface area contributed by atoms with Crippen molar-refractivity contribution in [3.05, 3.63) is 42.2 Å². The van der Waals surface area contributed by atoms with Gasteiger partial charge in [0.25, 0.3) is 0 Å². The van der Waals surface area contributed by atoms with Crippen molar-refractivity contribution < 1.29 is 18.3 Å². The molecule has 0 aliphatic rings. The van der Waals surface area contributed by atoms with Crippen molar-refractivity contribution in [2.75, 3.05) is 6.61 Å². The number of rotatable bonds is 4. The van der Waals surface area contributed by atoms with E-state index in [9.17, 15) is 13.2 Å². The fourth-order valence-corrected chi connectivity index (χ4v) is 1.72. The van der Waals surface area contributed by atoms with Gasteiger partial charge in [0, 0.05) is 24.9 Å². The number of benzene rings is 1. The fraction of sp³-hybridized carbons (Fsp3) is 0.308. The molecule has 0 amide bonds. The van der Waals surface area contributed by atoms with E-state index in [-0.39, 0.29) is 6.61 Å². The molecule has 102 valence electrons. The van der Waals surface area contributed by atoms with E-state index in [0.717, 1.165) is 17.7 Å². The highest BCUT2D eigenvalue weighted by atomic mass is 19.4. The van der Waals surface area contributed by atoms with E-state index >= 15 is 0 Å². The average molecular weight is 270 g/mol. The van der Waals surface area contributed by atoms with Crippen molar-refractivity contribution in [1.29, 1.82) is 0 Å². The van der Waals surface area contributed by atoms with Gasteiger partial charge in [-0.25, -0.2) is 0 Å². The Morgan fingerprint density at radius 3 is 2.37 bits per heavy atom. The van der Waals surface area contributed by atoms with Crippen LogP contribution in [0.25, 0.3) is 11.1 Å². The lowest BCUT2D eigenvalue weighted by Gasteiger charge is -2.06. The van der Waals surface area contributed by atoms with Gasteiger partial charge in [-0.05, 0) is 24.1 Å². The molecule has 0 atom stereocenters. The molecule has 2 aromatic rings. The van der Waals surface area contributed by atoms with E-state index in [0.29, 0.717) is 18.5 Å². The fourth-order valence-electron chi connectivity index (χ4n) is 1.72. The summed E-state index contributed by atoms with van der Waals surface area (Å²) >= 11 is 0. The lowest BCUT2D eigenvalue weighted by atomic mass is 10.1. The van der Waals surface area contributed by atoms with Gasteiger partial charge in [-0.3, -0.25) is 4.68 Å². The number of nitrogens with zero attached hydrogens (tertiary/aromatic N) is 2. The smallest absolute Gasteiger partial charge is 0.396 e. The van der Waals surface area contributed by atoms with Crippen LogP contribution in [0.1, 0.15) is 12.0 Å². The number of hydrogen-bond acceptors (Lipinski definition) is 2. The molecule has 1 N–H and O–H groups in total. The Labute approximate surface area is 108 Å². The lowest BCUT2D eigenvalue weighted by molar-refractivity contribution is -0.137. The van der Waals surface area contributed by atoms with Crippen LogP contribution < -0.4 is 0 Å². The summed E-state index contributed by atoms with van der Waals surface area (Å²) in [6.07, 6.45) is -0.379. The molecule has 0 aliphatic heterocycles. The summed E-state index contributed by atoms with van der Waals surface area (Å²) in [5, 5.41) is 12.8. The molecule has 0 spiro atoms. The summed E-state index contributed by atoms with van der Waals surface area (Å²) in [5.41, 5.74) is 0.777. The van der Waals surface area contributed by atoms with Crippen molar-refractivity contribution in [3.63, 3.8) is 0 Å². The van der Waals surface area contributed by atoms with E-state index < -0.39 is 11.7 Å². The summed E-state index contributed by atoms with van der Waals surface area (Å²) in [7, 11) is 0. The number of aryl methyl sites for hydroxylation is 1. The molecule has 6 heteroatoms. The Kier molecular flexibility index (Phi) is 3.90. The maximum Gasteiger partial charge on any atom is 0.416 e. The molecule has 2 rings (SSSR count). The van der Waals surface area contributed by atoms with Gasteiger partial charge in [0.1, 0.15) is 0 Å². The second-order valence-electron chi connectivity index (χ2n) is 4.14. The second kappa shape index (κ2) is 5.44. The minimum Gasteiger partial charge on any atom is -0.396 e. The molecule has 0 bridgehead atoms. The summed E-state index contributed by atoms with van der Waals surface area (Å²) in [4.78, 5) is 0. The normalized spacial score (nSPS) is 11.8. The van der Waals surface area contributed by atoms with Gasteiger partial charge in [0.15, 0.2) is 0 Å². The van der Waals surface area contributed by atoms with E-state index in [1.54, 1.807) is 17.1 Å². The third kappa shape index (κ3) is 3.35. The van der Waals surface area contributed by atoms with Crippen LogP contribution in [0.15, 0.2) is 36.7 Å². The average Bonchev–Trinajstić information content (AvgIpc) is 2.84. The van der Waals surface area contributed by atoms with Crippen LogP contribution in [0.4, 0.5) is 13.2 Å². The first-order valence-electron chi connectivity index (χ1n) is 5.81. The number of alkyl halides is 3. The Balaban J connectivity index is 2.16. The summed E-state index contributed by atoms with van der Waals surface area (Å²) < 4.78 is 38.9. The monoisotopic (exact) mass is 270 g/mol. The molecule has 1 heterocycles. The standard InChI is InChI=1S/C13H13F3N2O/c14-13(15,16)12-4-2-10(3-5-12)11-8-17-18(9-11)6-1-7-19/h2-5,8-9,19H,1,6-7H2. The minimum atomic E-state index is -4.32. The Morgan fingerprint density at radius 2 is 1.79 bits per heavy atom. The SMILES string of the molecule is OCCCn1cc(-c2ccc(C(F)(F)F)cc2)cn1.